The Kier molecular flexibility index (Phi) is 5.06. The molecule has 1 aromatic carbocycles. The van der Waals surface area contributed by atoms with Gasteiger partial charge in [-0.1, -0.05) is 31.9 Å². The zero-order valence-corrected chi connectivity index (χ0v) is 12.4. The molecule has 1 N–H and O–H groups in total. The van der Waals surface area contributed by atoms with Crippen LogP contribution in [0.1, 0.15) is 26.7 Å². The summed E-state index contributed by atoms with van der Waals surface area (Å²) >= 11 is 5.88. The third kappa shape index (κ3) is 3.61. The lowest BCUT2D eigenvalue weighted by atomic mass is 9.99. The van der Waals surface area contributed by atoms with Crippen molar-refractivity contribution in [3.8, 4) is 0 Å². The minimum Gasteiger partial charge on any atom is -0.370 e. The zero-order chi connectivity index (χ0) is 13.8. The predicted octanol–water partition coefficient (Wildman–Crippen LogP) is 3.69. The minimum absolute atomic E-state index is 0.204. The second-order valence-electron chi connectivity index (χ2n) is 5.34. The van der Waals surface area contributed by atoms with Crippen molar-refractivity contribution in [2.75, 3.05) is 24.5 Å². The second kappa shape index (κ2) is 6.58. The number of nitrogens with zero attached hydrogens (tertiary/aromatic N) is 1. The van der Waals surface area contributed by atoms with Crippen molar-refractivity contribution < 1.29 is 4.39 Å². The molecule has 2 unspecified atom stereocenters. The van der Waals surface area contributed by atoms with Crippen LogP contribution >= 0.6 is 11.6 Å². The summed E-state index contributed by atoms with van der Waals surface area (Å²) in [5.41, 5.74) is 1.02. The van der Waals surface area contributed by atoms with Crippen LogP contribution < -0.4 is 10.2 Å². The van der Waals surface area contributed by atoms with Crippen LogP contribution in [0, 0.1) is 11.7 Å². The van der Waals surface area contributed by atoms with E-state index in [1.54, 1.807) is 6.07 Å². The minimum atomic E-state index is -0.350. The molecule has 4 heteroatoms. The van der Waals surface area contributed by atoms with Crippen LogP contribution in [0.15, 0.2) is 18.2 Å². The molecule has 2 atom stereocenters. The molecule has 1 heterocycles. The van der Waals surface area contributed by atoms with Crippen molar-refractivity contribution in [2.24, 2.45) is 5.92 Å². The lowest BCUT2D eigenvalue weighted by molar-refractivity contribution is 0.384. The van der Waals surface area contributed by atoms with E-state index in [9.17, 15) is 4.39 Å². The molecule has 1 aliphatic heterocycles. The molecule has 0 amide bonds. The van der Waals surface area contributed by atoms with Crippen LogP contribution in [0.2, 0.25) is 5.02 Å². The number of nitrogens with one attached hydrogen (secondary N) is 1. The zero-order valence-electron chi connectivity index (χ0n) is 11.6. The first-order valence-corrected chi connectivity index (χ1v) is 7.43. The smallest absolute Gasteiger partial charge is 0.141 e. The highest BCUT2D eigenvalue weighted by atomic mass is 35.5. The van der Waals surface area contributed by atoms with E-state index in [2.05, 4.69) is 24.1 Å². The molecule has 1 aromatic rings. The summed E-state index contributed by atoms with van der Waals surface area (Å²) in [7, 11) is 0. The second-order valence-corrected chi connectivity index (χ2v) is 5.75. The molecule has 0 radical (unpaired) electrons. The monoisotopic (exact) mass is 284 g/mol. The summed E-state index contributed by atoms with van der Waals surface area (Å²) in [5.74, 6) is 0.286. The Hall–Kier alpha value is -0.800. The van der Waals surface area contributed by atoms with Crippen LogP contribution in [0.4, 0.5) is 10.1 Å². The molecule has 0 saturated carbocycles. The molecular weight excluding hydrogens is 263 g/mol. The van der Waals surface area contributed by atoms with Crippen molar-refractivity contribution in [3.63, 3.8) is 0 Å². The van der Waals surface area contributed by atoms with Crippen LogP contribution in [0.5, 0.6) is 0 Å². The van der Waals surface area contributed by atoms with Crippen molar-refractivity contribution in [1.29, 1.82) is 0 Å². The van der Waals surface area contributed by atoms with Gasteiger partial charge in [-0.25, -0.2) is 4.39 Å². The van der Waals surface area contributed by atoms with Gasteiger partial charge in [0.15, 0.2) is 0 Å². The molecule has 1 saturated heterocycles. The van der Waals surface area contributed by atoms with Gasteiger partial charge in [0.1, 0.15) is 5.82 Å². The van der Waals surface area contributed by atoms with Crippen LogP contribution in [-0.2, 0) is 0 Å². The molecule has 2 nitrogen and oxygen atoms in total. The molecule has 0 aliphatic carbocycles. The average Bonchev–Trinajstić information content (AvgIpc) is 2.67. The van der Waals surface area contributed by atoms with E-state index in [1.165, 1.54) is 6.07 Å². The first-order valence-electron chi connectivity index (χ1n) is 7.05. The number of hydrogen-bond donors (Lipinski definition) is 1. The maximum Gasteiger partial charge on any atom is 0.141 e. The van der Waals surface area contributed by atoms with Crippen molar-refractivity contribution in [2.45, 2.75) is 32.7 Å². The first-order chi connectivity index (χ1) is 9.11. The Morgan fingerprint density at radius 2 is 2.32 bits per heavy atom. The van der Waals surface area contributed by atoms with Crippen molar-refractivity contribution in [3.05, 3.63) is 29.0 Å². The largest absolute Gasteiger partial charge is 0.370 e. The molecular formula is C15H22ClFN2. The fourth-order valence-corrected chi connectivity index (χ4v) is 2.71. The lowest BCUT2D eigenvalue weighted by Crippen LogP contribution is -2.42. The molecule has 2 rings (SSSR count). The van der Waals surface area contributed by atoms with Gasteiger partial charge in [-0.2, -0.15) is 0 Å². The Bertz CT molecular complexity index is 425. The average molecular weight is 285 g/mol. The van der Waals surface area contributed by atoms with Gasteiger partial charge in [0.05, 0.1) is 5.02 Å². The molecule has 0 bridgehead atoms. The van der Waals surface area contributed by atoms with E-state index in [0.29, 0.717) is 12.0 Å². The van der Waals surface area contributed by atoms with Crippen LogP contribution in [0.25, 0.3) is 0 Å². The third-order valence-corrected chi connectivity index (χ3v) is 4.32. The van der Waals surface area contributed by atoms with Crippen molar-refractivity contribution in [1.82, 2.24) is 5.32 Å². The molecule has 1 fully saturated rings. The first kappa shape index (κ1) is 14.6. The highest BCUT2D eigenvalue weighted by molar-refractivity contribution is 6.31. The highest BCUT2D eigenvalue weighted by Crippen LogP contribution is 2.24. The van der Waals surface area contributed by atoms with Gasteiger partial charge in [0, 0.05) is 24.8 Å². The molecule has 106 valence electrons. The molecule has 1 aliphatic rings. The van der Waals surface area contributed by atoms with E-state index in [0.717, 1.165) is 38.2 Å². The fraction of sp³-hybridized carbons (Fsp3) is 0.600. The van der Waals surface area contributed by atoms with Gasteiger partial charge in [-0.05, 0) is 37.1 Å². The number of hydrogen-bond acceptors (Lipinski definition) is 2. The van der Waals surface area contributed by atoms with E-state index >= 15 is 0 Å². The number of rotatable bonds is 3. The molecule has 19 heavy (non-hydrogen) atoms. The maximum absolute atomic E-state index is 13.2. The summed E-state index contributed by atoms with van der Waals surface area (Å²) in [5, 5.41) is 3.81. The summed E-state index contributed by atoms with van der Waals surface area (Å²) in [6, 6.07) is 5.49. The summed E-state index contributed by atoms with van der Waals surface area (Å²) in [6.07, 6.45) is 2.26. The van der Waals surface area contributed by atoms with Crippen LogP contribution in [0.3, 0.4) is 0 Å². The maximum atomic E-state index is 13.2. The van der Waals surface area contributed by atoms with Gasteiger partial charge in [0.2, 0.25) is 0 Å². The molecule has 0 aromatic heterocycles. The number of anilines is 1. The Labute approximate surface area is 119 Å². The summed E-state index contributed by atoms with van der Waals surface area (Å²) in [4.78, 5) is 2.31. The van der Waals surface area contributed by atoms with Crippen LogP contribution in [-0.4, -0.2) is 25.7 Å². The van der Waals surface area contributed by atoms with E-state index in [1.807, 2.05) is 6.07 Å². The topological polar surface area (TPSA) is 15.3 Å². The van der Waals surface area contributed by atoms with Gasteiger partial charge in [0.25, 0.3) is 0 Å². The highest BCUT2D eigenvalue weighted by Gasteiger charge is 2.22. The normalized spacial score (nSPS) is 22.1. The third-order valence-electron chi connectivity index (χ3n) is 4.03. The number of benzene rings is 1. The van der Waals surface area contributed by atoms with Gasteiger partial charge >= 0.3 is 0 Å². The molecule has 0 spiro atoms. The van der Waals surface area contributed by atoms with E-state index < -0.39 is 0 Å². The Balaban J connectivity index is 2.15. The van der Waals surface area contributed by atoms with Gasteiger partial charge in [-0.15, -0.1) is 0 Å². The number of halogens is 2. The van der Waals surface area contributed by atoms with E-state index in [-0.39, 0.29) is 10.8 Å². The predicted molar refractivity (Wildman–Crippen MR) is 79.5 cm³/mol. The fourth-order valence-electron chi connectivity index (χ4n) is 2.53. The standard InChI is InChI=1S/C15H22ClFN2/c1-3-11(2)15-10-19(8-4-7-18-15)12-5-6-14(17)13(16)9-12/h5-6,9,11,15,18H,3-4,7-8,10H2,1-2H3. The van der Waals surface area contributed by atoms with Gasteiger partial charge < -0.3 is 10.2 Å². The lowest BCUT2D eigenvalue weighted by Gasteiger charge is -2.29. The van der Waals surface area contributed by atoms with E-state index in [4.69, 9.17) is 11.6 Å². The summed E-state index contributed by atoms with van der Waals surface area (Å²) < 4.78 is 13.2. The van der Waals surface area contributed by atoms with Crippen molar-refractivity contribution >= 4 is 17.3 Å². The summed E-state index contributed by atoms with van der Waals surface area (Å²) in [6.45, 7) is 7.48. The quantitative estimate of drug-likeness (QED) is 0.911. The Morgan fingerprint density at radius 3 is 3.00 bits per heavy atom. The SMILES string of the molecule is CCC(C)C1CN(c2ccc(F)c(Cl)c2)CCCN1. The Morgan fingerprint density at radius 1 is 1.53 bits per heavy atom. The van der Waals surface area contributed by atoms with Gasteiger partial charge in [-0.3, -0.25) is 0 Å².